The first kappa shape index (κ1) is 26.3. The lowest BCUT2D eigenvalue weighted by Crippen LogP contribution is -2.47. The molecule has 39 heavy (non-hydrogen) atoms. The maximum absolute atomic E-state index is 15.3. The number of ether oxygens (including phenoxy) is 2. The first-order valence-electron chi connectivity index (χ1n) is 13.0. The lowest BCUT2D eigenvalue weighted by Gasteiger charge is -2.32. The smallest absolute Gasteiger partial charge is 0.249 e. The Morgan fingerprint density at radius 3 is 2.64 bits per heavy atom. The molecule has 1 saturated heterocycles. The van der Waals surface area contributed by atoms with Gasteiger partial charge in [0.1, 0.15) is 29.7 Å². The number of rotatable bonds is 10. The number of benzene rings is 3. The van der Waals surface area contributed by atoms with Gasteiger partial charge in [0, 0.05) is 13.2 Å². The second-order valence-corrected chi connectivity index (χ2v) is 9.24. The Kier molecular flexibility index (Phi) is 8.12. The molecule has 0 unspecified atom stereocenters. The van der Waals surface area contributed by atoms with Gasteiger partial charge in [-0.2, -0.15) is 0 Å². The molecule has 2 amide bonds. The molecule has 2 atom stereocenters. The Labute approximate surface area is 225 Å². The van der Waals surface area contributed by atoms with Crippen molar-refractivity contribution in [2.24, 2.45) is 0 Å². The van der Waals surface area contributed by atoms with Crippen molar-refractivity contribution in [2.45, 2.75) is 38.5 Å². The number of fused-ring (bicyclic) bond motifs is 1. The van der Waals surface area contributed by atoms with E-state index < -0.39 is 23.7 Å². The van der Waals surface area contributed by atoms with Crippen LogP contribution in [0.25, 0.3) is 11.0 Å². The highest BCUT2D eigenvalue weighted by molar-refractivity contribution is 6.01. The van der Waals surface area contributed by atoms with Gasteiger partial charge in [0.15, 0.2) is 0 Å². The second-order valence-electron chi connectivity index (χ2n) is 9.24. The minimum absolute atomic E-state index is 0.0157. The third kappa shape index (κ3) is 5.91. The van der Waals surface area contributed by atoms with Crippen LogP contribution in [0, 0.1) is 5.82 Å². The van der Waals surface area contributed by atoms with E-state index in [1.165, 1.54) is 27.8 Å². The van der Waals surface area contributed by atoms with E-state index in [4.69, 9.17) is 9.47 Å². The summed E-state index contributed by atoms with van der Waals surface area (Å²) in [4.78, 5) is 29.0. The van der Waals surface area contributed by atoms with E-state index in [-0.39, 0.29) is 18.3 Å². The van der Waals surface area contributed by atoms with Crippen molar-refractivity contribution < 1.29 is 23.5 Å². The summed E-state index contributed by atoms with van der Waals surface area (Å²) in [6, 6.07) is 18.9. The average molecular weight is 532 g/mol. The van der Waals surface area contributed by atoms with Gasteiger partial charge in [-0.15, -0.1) is 5.10 Å². The van der Waals surface area contributed by atoms with E-state index in [9.17, 15) is 9.59 Å². The van der Waals surface area contributed by atoms with Crippen molar-refractivity contribution >= 4 is 28.5 Å². The zero-order valence-corrected chi connectivity index (χ0v) is 21.6. The van der Waals surface area contributed by atoms with Crippen molar-refractivity contribution in [3.8, 4) is 5.75 Å². The Hall–Kier alpha value is -4.31. The molecule has 0 saturated carbocycles. The number of aromatic nitrogens is 3. The topological polar surface area (TPSA) is 98.6 Å². The first-order chi connectivity index (χ1) is 19.0. The fourth-order valence-electron chi connectivity index (χ4n) is 4.75. The van der Waals surface area contributed by atoms with Crippen molar-refractivity contribution in [3.05, 3.63) is 84.2 Å². The summed E-state index contributed by atoms with van der Waals surface area (Å²) >= 11 is 0. The van der Waals surface area contributed by atoms with Crippen molar-refractivity contribution in [3.63, 3.8) is 0 Å². The number of para-hydroxylation sites is 2. The molecule has 4 aromatic rings. The van der Waals surface area contributed by atoms with Crippen LogP contribution >= 0.6 is 0 Å². The Bertz CT molecular complexity index is 1440. The molecule has 1 aliphatic rings. The van der Waals surface area contributed by atoms with Gasteiger partial charge in [-0.25, -0.2) is 9.07 Å². The van der Waals surface area contributed by atoms with Crippen molar-refractivity contribution in [2.75, 3.05) is 24.7 Å². The van der Waals surface area contributed by atoms with Crippen LogP contribution in [-0.4, -0.2) is 52.7 Å². The number of hydrogen-bond donors (Lipinski definition) is 1. The molecule has 1 aromatic heterocycles. The number of hydrogen-bond acceptors (Lipinski definition) is 6. The van der Waals surface area contributed by atoms with Crippen LogP contribution in [0.15, 0.2) is 72.8 Å². The summed E-state index contributed by atoms with van der Waals surface area (Å²) in [5.41, 5.74) is 1.77. The van der Waals surface area contributed by atoms with Crippen LogP contribution in [0.4, 0.5) is 10.1 Å². The van der Waals surface area contributed by atoms with E-state index in [0.717, 1.165) is 12.8 Å². The Morgan fingerprint density at radius 1 is 1.13 bits per heavy atom. The van der Waals surface area contributed by atoms with Gasteiger partial charge >= 0.3 is 0 Å². The third-order valence-electron chi connectivity index (χ3n) is 6.63. The van der Waals surface area contributed by atoms with Crippen molar-refractivity contribution in [1.82, 2.24) is 20.3 Å². The zero-order chi connectivity index (χ0) is 27.2. The van der Waals surface area contributed by atoms with Crippen LogP contribution in [0.3, 0.4) is 0 Å². The molecule has 1 N–H and O–H groups in total. The first-order valence-corrected chi connectivity index (χ1v) is 13.0. The molecule has 0 radical (unpaired) electrons. The van der Waals surface area contributed by atoms with Crippen LogP contribution in [0.1, 0.15) is 31.4 Å². The van der Waals surface area contributed by atoms with Gasteiger partial charge in [0.2, 0.25) is 11.8 Å². The minimum atomic E-state index is -1.17. The summed E-state index contributed by atoms with van der Waals surface area (Å²) < 4.78 is 27.9. The molecule has 202 valence electrons. The normalized spacial score (nSPS) is 15.7. The van der Waals surface area contributed by atoms with Crippen LogP contribution in [-0.2, 0) is 20.9 Å². The van der Waals surface area contributed by atoms with E-state index in [2.05, 4.69) is 15.6 Å². The monoisotopic (exact) mass is 531 g/mol. The van der Waals surface area contributed by atoms with Gasteiger partial charge in [0.05, 0.1) is 23.9 Å². The summed E-state index contributed by atoms with van der Waals surface area (Å²) in [6.07, 6.45) is 1.66. The average Bonchev–Trinajstić information content (AvgIpc) is 3.62. The molecule has 3 aromatic carbocycles. The summed E-state index contributed by atoms with van der Waals surface area (Å²) in [5, 5.41) is 11.2. The maximum atomic E-state index is 15.3. The number of halogens is 1. The Balaban J connectivity index is 1.54. The lowest BCUT2D eigenvalue weighted by atomic mass is 10.0. The minimum Gasteiger partial charge on any atom is -0.494 e. The highest BCUT2D eigenvalue weighted by Crippen LogP contribution is 2.31. The predicted octanol–water partition coefficient (Wildman–Crippen LogP) is 4.04. The number of nitrogens with one attached hydrogen (secondary N) is 1. The maximum Gasteiger partial charge on any atom is 0.249 e. The number of anilines is 1. The van der Waals surface area contributed by atoms with E-state index in [1.807, 2.05) is 19.1 Å². The number of nitrogens with zero attached hydrogens (tertiary/aromatic N) is 4. The molecule has 2 heterocycles. The predicted molar refractivity (Wildman–Crippen MR) is 144 cm³/mol. The Morgan fingerprint density at radius 2 is 1.90 bits per heavy atom. The number of amides is 2. The molecule has 0 spiro atoms. The molecule has 5 rings (SSSR count). The highest BCUT2D eigenvalue weighted by Gasteiger charge is 2.35. The number of carbonyl (C=O) groups excluding carboxylic acids is 2. The molecule has 9 nitrogen and oxygen atoms in total. The van der Waals surface area contributed by atoms with E-state index in [0.29, 0.717) is 42.1 Å². The number of carbonyl (C=O) groups is 2. The zero-order valence-electron chi connectivity index (χ0n) is 21.6. The molecule has 0 bridgehead atoms. The molecule has 1 aliphatic heterocycles. The fourth-order valence-corrected chi connectivity index (χ4v) is 4.75. The van der Waals surface area contributed by atoms with Gasteiger partial charge < -0.3 is 14.8 Å². The molecular weight excluding hydrogens is 501 g/mol. The van der Waals surface area contributed by atoms with Gasteiger partial charge in [-0.1, -0.05) is 41.6 Å². The van der Waals surface area contributed by atoms with Gasteiger partial charge in [-0.05, 0) is 61.7 Å². The standard InChI is InChI=1S/C29H30FN5O4/c1-2-38-21-15-13-20(14-16-21)28(29(37)31-18-22-8-7-17-39-22)35(25-11-5-3-9-23(25)30)27(36)19-34-26-12-6-4-10-24(26)32-33-34/h3-6,9-16,22,28H,2,7-8,17-19H2,1H3,(H,31,37)/t22-,28-/m1/s1. The summed E-state index contributed by atoms with van der Waals surface area (Å²) in [5.74, 6) is -0.980. The second kappa shape index (κ2) is 12.0. The quantitative estimate of drug-likeness (QED) is 0.332. The third-order valence-corrected chi connectivity index (χ3v) is 6.63. The molecule has 1 fully saturated rings. The van der Waals surface area contributed by atoms with E-state index >= 15 is 4.39 Å². The van der Waals surface area contributed by atoms with Crippen LogP contribution in [0.2, 0.25) is 0 Å². The fraction of sp³-hybridized carbons (Fsp3) is 0.310. The molecular formula is C29H30FN5O4. The van der Waals surface area contributed by atoms with Gasteiger partial charge in [0.25, 0.3) is 0 Å². The largest absolute Gasteiger partial charge is 0.494 e. The lowest BCUT2D eigenvalue weighted by molar-refractivity contribution is -0.127. The molecule has 0 aliphatic carbocycles. The van der Waals surface area contributed by atoms with E-state index in [1.54, 1.807) is 42.5 Å². The molecule has 10 heteroatoms. The van der Waals surface area contributed by atoms with Crippen molar-refractivity contribution in [1.29, 1.82) is 0 Å². The van der Waals surface area contributed by atoms with Crippen LogP contribution in [0.5, 0.6) is 5.75 Å². The SMILES string of the molecule is CCOc1ccc([C@H](C(=O)NC[C@H]2CCCO2)N(C(=O)Cn2nnc3ccccc32)c2ccccc2F)cc1. The summed E-state index contributed by atoms with van der Waals surface area (Å²) in [6.45, 7) is 3.05. The highest BCUT2D eigenvalue weighted by atomic mass is 19.1. The summed E-state index contributed by atoms with van der Waals surface area (Å²) in [7, 11) is 0. The van der Waals surface area contributed by atoms with Crippen LogP contribution < -0.4 is 15.0 Å². The van der Waals surface area contributed by atoms with Gasteiger partial charge in [-0.3, -0.25) is 14.5 Å².